The summed E-state index contributed by atoms with van der Waals surface area (Å²) in [5.41, 5.74) is 0.774. The molecule has 1 atom stereocenters. The first kappa shape index (κ1) is 11.0. The van der Waals surface area contributed by atoms with Gasteiger partial charge in [0.2, 0.25) is 0 Å². The van der Waals surface area contributed by atoms with E-state index in [0.29, 0.717) is 10.9 Å². The second kappa shape index (κ2) is 4.58. The van der Waals surface area contributed by atoms with Crippen molar-refractivity contribution in [2.45, 2.75) is 19.2 Å². The van der Waals surface area contributed by atoms with Crippen LogP contribution in [0.4, 0.5) is 5.82 Å². The lowest BCUT2D eigenvalue weighted by Crippen LogP contribution is -2.20. The molecule has 2 nitrogen and oxygen atoms in total. The summed E-state index contributed by atoms with van der Waals surface area (Å²) in [6.45, 7) is 4.42. The molecule has 2 rings (SSSR count). The Balaban J connectivity index is 2.21. The summed E-state index contributed by atoms with van der Waals surface area (Å²) in [4.78, 5) is 6.76. The minimum atomic E-state index is 0.371. The van der Waals surface area contributed by atoms with Crippen molar-refractivity contribution in [3.8, 4) is 0 Å². The van der Waals surface area contributed by atoms with Gasteiger partial charge in [-0.25, -0.2) is 4.98 Å². The van der Waals surface area contributed by atoms with Gasteiger partial charge in [0.25, 0.3) is 0 Å². The molecule has 0 N–H and O–H groups in total. The maximum Gasteiger partial charge on any atom is 0.128 e. The van der Waals surface area contributed by atoms with Crippen LogP contribution in [0.5, 0.6) is 0 Å². The van der Waals surface area contributed by atoms with Gasteiger partial charge in [-0.3, -0.25) is 0 Å². The minimum absolute atomic E-state index is 0.371. The lowest BCUT2D eigenvalue weighted by molar-refractivity contribution is 0.659. The highest BCUT2D eigenvalue weighted by molar-refractivity contribution is 6.32. The lowest BCUT2D eigenvalue weighted by Gasteiger charge is -2.17. The number of pyridine rings is 1. The molecule has 1 aliphatic rings. The number of hydrogen-bond donors (Lipinski definition) is 0. The molecule has 0 spiro atoms. The van der Waals surface area contributed by atoms with E-state index in [2.05, 4.69) is 16.8 Å². The fourth-order valence-electron chi connectivity index (χ4n) is 1.89. The maximum absolute atomic E-state index is 5.97. The number of anilines is 1. The molecule has 1 unspecified atom stereocenters. The Labute approximate surface area is 100 Å². The molecule has 2 heterocycles. The smallest absolute Gasteiger partial charge is 0.128 e. The van der Waals surface area contributed by atoms with Crippen molar-refractivity contribution >= 4 is 29.0 Å². The minimum Gasteiger partial charge on any atom is -0.356 e. The van der Waals surface area contributed by atoms with E-state index in [4.69, 9.17) is 23.2 Å². The van der Waals surface area contributed by atoms with E-state index >= 15 is 0 Å². The molecule has 0 aromatic carbocycles. The summed E-state index contributed by atoms with van der Waals surface area (Å²) in [7, 11) is 0. The van der Waals surface area contributed by atoms with Crippen LogP contribution in [-0.4, -0.2) is 18.1 Å². The molecule has 0 amide bonds. The van der Waals surface area contributed by atoms with Gasteiger partial charge in [0.15, 0.2) is 0 Å². The summed E-state index contributed by atoms with van der Waals surface area (Å²) < 4.78 is 0. The topological polar surface area (TPSA) is 16.1 Å². The Morgan fingerprint density at radius 3 is 2.93 bits per heavy atom. The van der Waals surface area contributed by atoms with E-state index in [1.807, 2.05) is 12.1 Å². The van der Waals surface area contributed by atoms with Crippen LogP contribution in [0.3, 0.4) is 0 Å². The average molecular weight is 245 g/mol. The number of hydrogen-bond acceptors (Lipinski definition) is 2. The van der Waals surface area contributed by atoms with E-state index in [0.717, 1.165) is 30.5 Å². The zero-order valence-corrected chi connectivity index (χ0v) is 10.2. The van der Waals surface area contributed by atoms with Gasteiger partial charge in [0.05, 0.1) is 16.6 Å². The number of nitrogens with zero attached hydrogens (tertiary/aromatic N) is 2. The third-order valence-corrected chi connectivity index (χ3v) is 3.38. The second-order valence-corrected chi connectivity index (χ2v) is 4.75. The molecule has 82 valence electrons. The summed E-state index contributed by atoms with van der Waals surface area (Å²) >= 11 is 11.7. The van der Waals surface area contributed by atoms with Crippen LogP contribution in [0.25, 0.3) is 0 Å². The predicted molar refractivity (Wildman–Crippen MR) is 64.8 cm³/mol. The van der Waals surface area contributed by atoms with Crippen molar-refractivity contribution in [1.29, 1.82) is 0 Å². The van der Waals surface area contributed by atoms with E-state index in [1.165, 1.54) is 6.42 Å². The van der Waals surface area contributed by atoms with Gasteiger partial charge in [0.1, 0.15) is 5.82 Å². The van der Waals surface area contributed by atoms with Crippen molar-refractivity contribution in [2.24, 2.45) is 5.92 Å². The van der Waals surface area contributed by atoms with Crippen LogP contribution >= 0.6 is 23.2 Å². The predicted octanol–water partition coefficient (Wildman–Crippen LogP) is 3.32. The first-order valence-electron chi connectivity index (χ1n) is 5.17. The summed E-state index contributed by atoms with van der Waals surface area (Å²) in [5.74, 6) is 2.12. The third kappa shape index (κ3) is 2.37. The molecule has 1 aromatic rings. The number of halogens is 2. The molecule has 1 fully saturated rings. The molecule has 0 radical (unpaired) electrons. The van der Waals surface area contributed by atoms with E-state index < -0.39 is 0 Å². The highest BCUT2D eigenvalue weighted by Crippen LogP contribution is 2.25. The molecule has 0 saturated carbocycles. The Morgan fingerprint density at radius 2 is 2.33 bits per heavy atom. The van der Waals surface area contributed by atoms with Crippen LogP contribution in [0.2, 0.25) is 5.02 Å². The van der Waals surface area contributed by atoms with Crippen molar-refractivity contribution < 1.29 is 0 Å². The quantitative estimate of drug-likeness (QED) is 0.743. The van der Waals surface area contributed by atoms with Crippen molar-refractivity contribution in [3.05, 3.63) is 22.8 Å². The molecule has 0 aliphatic carbocycles. The molecule has 1 aliphatic heterocycles. The van der Waals surface area contributed by atoms with E-state index in [-0.39, 0.29) is 0 Å². The molecular formula is C11H14Cl2N2. The second-order valence-electron chi connectivity index (χ2n) is 4.07. The highest BCUT2D eigenvalue weighted by atomic mass is 35.5. The summed E-state index contributed by atoms with van der Waals surface area (Å²) in [6.07, 6.45) is 1.24. The van der Waals surface area contributed by atoms with Crippen molar-refractivity contribution in [1.82, 2.24) is 4.98 Å². The van der Waals surface area contributed by atoms with Crippen molar-refractivity contribution in [2.75, 3.05) is 18.0 Å². The van der Waals surface area contributed by atoms with Crippen LogP contribution in [0.15, 0.2) is 12.1 Å². The number of rotatable bonds is 2. The molecule has 1 saturated heterocycles. The van der Waals surface area contributed by atoms with Crippen LogP contribution in [-0.2, 0) is 5.88 Å². The van der Waals surface area contributed by atoms with Crippen LogP contribution in [0, 0.1) is 5.92 Å². The van der Waals surface area contributed by atoms with Gasteiger partial charge >= 0.3 is 0 Å². The van der Waals surface area contributed by atoms with Crippen molar-refractivity contribution in [3.63, 3.8) is 0 Å². The first-order valence-corrected chi connectivity index (χ1v) is 6.08. The standard InChI is InChI=1S/C11H14Cl2N2/c1-8-4-5-15(7-8)11-3-2-9(13)10(6-12)14-11/h2-3,8H,4-7H2,1H3. The van der Waals surface area contributed by atoms with Gasteiger partial charge in [-0.05, 0) is 24.5 Å². The molecule has 1 aromatic heterocycles. The Morgan fingerprint density at radius 1 is 1.53 bits per heavy atom. The zero-order valence-electron chi connectivity index (χ0n) is 8.71. The number of alkyl halides is 1. The van der Waals surface area contributed by atoms with Crippen LogP contribution in [0.1, 0.15) is 19.0 Å². The number of aromatic nitrogens is 1. The lowest BCUT2D eigenvalue weighted by atomic mass is 10.2. The van der Waals surface area contributed by atoms with E-state index in [1.54, 1.807) is 0 Å². The fraction of sp³-hybridized carbons (Fsp3) is 0.545. The Hall–Kier alpha value is -0.470. The average Bonchev–Trinajstić information content (AvgIpc) is 2.66. The van der Waals surface area contributed by atoms with Gasteiger partial charge in [0, 0.05) is 13.1 Å². The monoisotopic (exact) mass is 244 g/mol. The zero-order chi connectivity index (χ0) is 10.8. The third-order valence-electron chi connectivity index (χ3n) is 2.78. The normalized spacial score (nSPS) is 21.0. The SMILES string of the molecule is CC1CCN(c2ccc(Cl)c(CCl)n2)C1. The van der Waals surface area contributed by atoms with Gasteiger partial charge in [-0.2, -0.15) is 0 Å². The molecular weight excluding hydrogens is 231 g/mol. The Kier molecular flexibility index (Phi) is 3.37. The first-order chi connectivity index (χ1) is 7.20. The maximum atomic E-state index is 5.97. The summed E-state index contributed by atoms with van der Waals surface area (Å²) in [6, 6.07) is 3.85. The molecule has 0 bridgehead atoms. The van der Waals surface area contributed by atoms with E-state index in [9.17, 15) is 0 Å². The largest absolute Gasteiger partial charge is 0.356 e. The van der Waals surface area contributed by atoms with Gasteiger partial charge < -0.3 is 4.90 Å². The highest BCUT2D eigenvalue weighted by Gasteiger charge is 2.20. The Bertz CT molecular complexity index is 354. The summed E-state index contributed by atoms with van der Waals surface area (Å²) in [5, 5.41) is 0.654. The van der Waals surface area contributed by atoms with Gasteiger partial charge in [-0.15, -0.1) is 11.6 Å². The fourth-order valence-corrected chi connectivity index (χ4v) is 2.33. The van der Waals surface area contributed by atoms with Gasteiger partial charge in [-0.1, -0.05) is 18.5 Å². The molecule has 15 heavy (non-hydrogen) atoms. The molecule has 4 heteroatoms. The van der Waals surface area contributed by atoms with Crippen LogP contribution < -0.4 is 4.90 Å².